The Hall–Kier alpha value is -3.13. The number of alkyl halides is 3. The van der Waals surface area contributed by atoms with E-state index in [1.165, 1.54) is 42.6 Å². The maximum Gasteiger partial charge on any atom is 0.416 e. The SMILES string of the molecule is O=[N+]([O-])c1ccc(Cl)c(-c2ccc(C=Nc3cccc(C(F)(F)F)c3)o2)c1. The van der Waals surface area contributed by atoms with Crippen molar-refractivity contribution >= 4 is 29.2 Å². The lowest BCUT2D eigenvalue weighted by molar-refractivity contribution is -0.384. The summed E-state index contributed by atoms with van der Waals surface area (Å²) in [5, 5.41) is 11.1. The van der Waals surface area contributed by atoms with Crippen molar-refractivity contribution in [2.45, 2.75) is 6.18 Å². The second kappa shape index (κ2) is 7.24. The van der Waals surface area contributed by atoms with Gasteiger partial charge in [-0.15, -0.1) is 0 Å². The molecule has 27 heavy (non-hydrogen) atoms. The van der Waals surface area contributed by atoms with Gasteiger partial charge in [0.05, 0.1) is 27.4 Å². The lowest BCUT2D eigenvalue weighted by Crippen LogP contribution is -2.03. The molecule has 1 aromatic heterocycles. The summed E-state index contributed by atoms with van der Waals surface area (Å²) in [7, 11) is 0. The van der Waals surface area contributed by atoms with Gasteiger partial charge in [0.25, 0.3) is 5.69 Å². The van der Waals surface area contributed by atoms with Crippen LogP contribution in [0.15, 0.2) is 64.0 Å². The minimum atomic E-state index is -4.46. The van der Waals surface area contributed by atoms with Gasteiger partial charge in [0.2, 0.25) is 0 Å². The van der Waals surface area contributed by atoms with Crippen LogP contribution in [0.2, 0.25) is 5.02 Å². The molecule has 0 bridgehead atoms. The average Bonchev–Trinajstić information content (AvgIpc) is 3.08. The van der Waals surface area contributed by atoms with Crippen molar-refractivity contribution in [3.8, 4) is 11.3 Å². The Labute approximate surface area is 155 Å². The van der Waals surface area contributed by atoms with Gasteiger partial charge in [0.1, 0.15) is 11.5 Å². The number of hydrogen-bond acceptors (Lipinski definition) is 4. The largest absolute Gasteiger partial charge is 0.455 e. The summed E-state index contributed by atoms with van der Waals surface area (Å²) < 4.78 is 43.7. The molecule has 138 valence electrons. The average molecular weight is 395 g/mol. The third kappa shape index (κ3) is 4.35. The molecule has 2 aromatic carbocycles. The maximum atomic E-state index is 12.7. The van der Waals surface area contributed by atoms with Crippen molar-refractivity contribution in [1.82, 2.24) is 0 Å². The molecule has 0 saturated heterocycles. The molecule has 0 N–H and O–H groups in total. The quantitative estimate of drug-likeness (QED) is 0.297. The van der Waals surface area contributed by atoms with Crippen LogP contribution in [0.5, 0.6) is 0 Å². The van der Waals surface area contributed by atoms with E-state index in [2.05, 4.69) is 4.99 Å². The zero-order valence-electron chi connectivity index (χ0n) is 13.4. The predicted molar refractivity (Wildman–Crippen MR) is 94.5 cm³/mol. The van der Waals surface area contributed by atoms with Gasteiger partial charge in [-0.05, 0) is 36.4 Å². The lowest BCUT2D eigenvalue weighted by Gasteiger charge is -2.06. The van der Waals surface area contributed by atoms with Gasteiger partial charge in [0, 0.05) is 17.7 Å². The Morgan fingerprint density at radius 2 is 1.89 bits per heavy atom. The van der Waals surface area contributed by atoms with Crippen LogP contribution in [0.4, 0.5) is 24.5 Å². The van der Waals surface area contributed by atoms with Crippen molar-refractivity contribution in [3.63, 3.8) is 0 Å². The highest BCUT2D eigenvalue weighted by Crippen LogP contribution is 2.33. The van der Waals surface area contributed by atoms with Crippen molar-refractivity contribution in [3.05, 3.63) is 81.1 Å². The first-order valence-corrected chi connectivity index (χ1v) is 7.87. The third-order valence-electron chi connectivity index (χ3n) is 3.57. The third-order valence-corrected chi connectivity index (χ3v) is 3.90. The summed E-state index contributed by atoms with van der Waals surface area (Å²) >= 11 is 6.05. The van der Waals surface area contributed by atoms with Crippen LogP contribution in [0.25, 0.3) is 11.3 Å². The number of benzene rings is 2. The molecular formula is C18H10ClF3N2O3. The van der Waals surface area contributed by atoms with Gasteiger partial charge in [0.15, 0.2) is 0 Å². The predicted octanol–water partition coefficient (Wildman–Crippen LogP) is 6.28. The Balaban J connectivity index is 1.86. The molecule has 3 rings (SSSR count). The number of nitro benzene ring substituents is 1. The first kappa shape index (κ1) is 18.7. The Bertz CT molecular complexity index is 1030. The van der Waals surface area contributed by atoms with E-state index in [0.29, 0.717) is 5.56 Å². The minimum Gasteiger partial charge on any atom is -0.455 e. The van der Waals surface area contributed by atoms with Gasteiger partial charge in [-0.3, -0.25) is 15.1 Å². The lowest BCUT2D eigenvalue weighted by atomic mass is 10.1. The molecule has 0 radical (unpaired) electrons. The molecule has 0 fully saturated rings. The summed E-state index contributed by atoms with van der Waals surface area (Å²) in [5.41, 5.74) is -0.522. The number of non-ortho nitro benzene ring substituents is 1. The molecule has 9 heteroatoms. The van der Waals surface area contributed by atoms with E-state index in [4.69, 9.17) is 16.0 Å². The molecule has 0 aliphatic rings. The number of halogens is 4. The molecule has 1 heterocycles. The Kier molecular flexibility index (Phi) is 5.00. The number of furan rings is 1. The topological polar surface area (TPSA) is 68.6 Å². The molecule has 3 aromatic rings. The number of nitro groups is 1. The molecule has 5 nitrogen and oxygen atoms in total. The Morgan fingerprint density at radius 3 is 2.59 bits per heavy atom. The van der Waals surface area contributed by atoms with E-state index in [-0.39, 0.29) is 27.9 Å². The second-order valence-electron chi connectivity index (χ2n) is 5.43. The fourth-order valence-corrected chi connectivity index (χ4v) is 2.49. The van der Waals surface area contributed by atoms with Gasteiger partial charge in [-0.2, -0.15) is 13.2 Å². The summed E-state index contributed by atoms with van der Waals surface area (Å²) in [6, 6.07) is 11.5. The van der Waals surface area contributed by atoms with Crippen LogP contribution >= 0.6 is 11.6 Å². The van der Waals surface area contributed by atoms with Gasteiger partial charge >= 0.3 is 6.18 Å². The van der Waals surface area contributed by atoms with Crippen molar-refractivity contribution in [2.75, 3.05) is 0 Å². The number of aliphatic imine (C=N–C) groups is 1. The standard InChI is InChI=1S/C18H10ClF3N2O3/c19-16-6-4-13(24(25)26)9-15(16)17-7-5-14(27-17)10-23-12-3-1-2-11(8-12)18(20,21)22/h1-10H. The van der Waals surface area contributed by atoms with E-state index >= 15 is 0 Å². The highest BCUT2D eigenvalue weighted by molar-refractivity contribution is 6.33. The van der Waals surface area contributed by atoms with E-state index in [9.17, 15) is 23.3 Å². The molecule has 0 aliphatic carbocycles. The molecular weight excluding hydrogens is 385 g/mol. The van der Waals surface area contributed by atoms with Gasteiger partial charge < -0.3 is 4.42 Å². The van der Waals surface area contributed by atoms with E-state index in [0.717, 1.165) is 12.1 Å². The van der Waals surface area contributed by atoms with Crippen molar-refractivity contribution < 1.29 is 22.5 Å². The highest BCUT2D eigenvalue weighted by Gasteiger charge is 2.30. The first-order chi connectivity index (χ1) is 12.7. The minimum absolute atomic E-state index is 0.108. The van der Waals surface area contributed by atoms with E-state index in [1.54, 1.807) is 6.07 Å². The zero-order chi connectivity index (χ0) is 19.6. The fraction of sp³-hybridized carbons (Fsp3) is 0.0556. The molecule has 0 saturated carbocycles. The van der Waals surface area contributed by atoms with Crippen LogP contribution in [0.1, 0.15) is 11.3 Å². The monoisotopic (exact) mass is 394 g/mol. The van der Waals surface area contributed by atoms with Gasteiger partial charge in [-0.1, -0.05) is 17.7 Å². The number of hydrogen-bond donors (Lipinski definition) is 0. The summed E-state index contributed by atoms with van der Waals surface area (Å²) in [6.07, 6.45) is -3.20. The second-order valence-corrected chi connectivity index (χ2v) is 5.84. The van der Waals surface area contributed by atoms with Crippen LogP contribution < -0.4 is 0 Å². The molecule has 0 aliphatic heterocycles. The molecule has 0 amide bonds. The zero-order valence-corrected chi connectivity index (χ0v) is 14.2. The summed E-state index contributed by atoms with van der Waals surface area (Å²) in [5.74, 6) is 0.527. The summed E-state index contributed by atoms with van der Waals surface area (Å²) in [4.78, 5) is 14.3. The number of rotatable bonds is 4. The van der Waals surface area contributed by atoms with Crippen LogP contribution in [-0.2, 0) is 6.18 Å². The first-order valence-electron chi connectivity index (χ1n) is 7.49. The van der Waals surface area contributed by atoms with Crippen LogP contribution in [0, 0.1) is 10.1 Å². The maximum absolute atomic E-state index is 12.7. The smallest absolute Gasteiger partial charge is 0.416 e. The van der Waals surface area contributed by atoms with Crippen LogP contribution in [0.3, 0.4) is 0 Å². The fourth-order valence-electron chi connectivity index (χ4n) is 2.28. The van der Waals surface area contributed by atoms with Crippen molar-refractivity contribution in [1.29, 1.82) is 0 Å². The number of nitrogens with zero attached hydrogens (tertiary/aromatic N) is 2. The molecule has 0 atom stereocenters. The molecule has 0 spiro atoms. The highest BCUT2D eigenvalue weighted by atomic mass is 35.5. The summed E-state index contributed by atoms with van der Waals surface area (Å²) in [6.45, 7) is 0. The van der Waals surface area contributed by atoms with Crippen molar-refractivity contribution in [2.24, 2.45) is 4.99 Å². The van der Waals surface area contributed by atoms with Gasteiger partial charge in [-0.25, -0.2) is 0 Å². The van der Waals surface area contributed by atoms with Crippen LogP contribution in [-0.4, -0.2) is 11.1 Å². The molecule has 0 unspecified atom stereocenters. The van der Waals surface area contributed by atoms with E-state index in [1.807, 2.05) is 0 Å². The normalized spacial score (nSPS) is 11.9. The van der Waals surface area contributed by atoms with E-state index < -0.39 is 16.7 Å². The Morgan fingerprint density at radius 1 is 1.11 bits per heavy atom.